The van der Waals surface area contributed by atoms with Gasteiger partial charge < -0.3 is 15.2 Å². The van der Waals surface area contributed by atoms with Gasteiger partial charge in [0.1, 0.15) is 11.4 Å². The van der Waals surface area contributed by atoms with E-state index in [0.717, 1.165) is 10.5 Å². The summed E-state index contributed by atoms with van der Waals surface area (Å²) in [6, 6.07) is 11.8. The number of urea groups is 1. The fraction of sp³-hybridized carbons (Fsp3) is 0.300. The van der Waals surface area contributed by atoms with E-state index in [1.54, 1.807) is 31.2 Å². The molecule has 1 aliphatic heterocycles. The standard InChI is InChI=1S/C20H20ClFN2O4/c1-20(14-4-8-16(22)9-5-14)18(26)24(19(27)23-20)10-17(25)12-28-11-13-2-6-15(21)7-3-13/h2-9,17,25H,10-12H2,1H3,(H,23,27). The summed E-state index contributed by atoms with van der Waals surface area (Å²) in [5, 5.41) is 13.4. The van der Waals surface area contributed by atoms with Gasteiger partial charge in [-0.05, 0) is 42.3 Å². The number of ether oxygens (including phenoxy) is 1. The predicted octanol–water partition coefficient (Wildman–Crippen LogP) is 2.82. The van der Waals surface area contributed by atoms with Crippen molar-refractivity contribution in [3.05, 3.63) is 70.5 Å². The van der Waals surface area contributed by atoms with Crippen molar-refractivity contribution < 1.29 is 23.8 Å². The van der Waals surface area contributed by atoms with Gasteiger partial charge in [0.2, 0.25) is 0 Å². The summed E-state index contributed by atoms with van der Waals surface area (Å²) in [5.41, 5.74) is 0.0352. The van der Waals surface area contributed by atoms with Gasteiger partial charge in [-0.15, -0.1) is 0 Å². The summed E-state index contributed by atoms with van der Waals surface area (Å²) in [7, 11) is 0. The fourth-order valence-corrected chi connectivity index (χ4v) is 3.12. The molecular weight excluding hydrogens is 387 g/mol. The minimum Gasteiger partial charge on any atom is -0.389 e. The lowest BCUT2D eigenvalue weighted by atomic mass is 9.92. The van der Waals surface area contributed by atoms with Crippen LogP contribution in [0.3, 0.4) is 0 Å². The van der Waals surface area contributed by atoms with Crippen LogP contribution in [0.25, 0.3) is 0 Å². The van der Waals surface area contributed by atoms with Crippen molar-refractivity contribution in [2.45, 2.75) is 25.2 Å². The molecule has 3 rings (SSSR count). The third-order valence-corrected chi connectivity index (χ3v) is 4.83. The number of carbonyl (C=O) groups is 2. The van der Waals surface area contributed by atoms with Crippen LogP contribution >= 0.6 is 11.6 Å². The number of benzene rings is 2. The Morgan fingerprint density at radius 2 is 1.82 bits per heavy atom. The highest BCUT2D eigenvalue weighted by molar-refractivity contribution is 6.30. The van der Waals surface area contributed by atoms with E-state index in [0.29, 0.717) is 10.6 Å². The second-order valence-electron chi connectivity index (χ2n) is 6.77. The van der Waals surface area contributed by atoms with Crippen LogP contribution in [0.2, 0.25) is 5.02 Å². The summed E-state index contributed by atoms with van der Waals surface area (Å²) in [6.45, 7) is 1.56. The average Bonchev–Trinajstić information content (AvgIpc) is 2.88. The number of amides is 3. The highest BCUT2D eigenvalue weighted by Gasteiger charge is 2.49. The molecule has 0 spiro atoms. The number of halogens is 2. The van der Waals surface area contributed by atoms with Crippen LogP contribution in [-0.2, 0) is 21.7 Å². The summed E-state index contributed by atoms with van der Waals surface area (Å²) in [5.74, 6) is -0.949. The molecule has 6 nitrogen and oxygen atoms in total. The molecular formula is C20H20ClFN2O4. The number of β-amino-alcohol motifs (C(OH)–C–C–N with tert-alkyl or cyclic N) is 1. The van der Waals surface area contributed by atoms with E-state index in [4.69, 9.17) is 16.3 Å². The predicted molar refractivity (Wildman–Crippen MR) is 101 cm³/mol. The number of rotatable bonds is 7. The van der Waals surface area contributed by atoms with Gasteiger partial charge in [-0.3, -0.25) is 9.69 Å². The topological polar surface area (TPSA) is 78.9 Å². The lowest BCUT2D eigenvalue weighted by molar-refractivity contribution is -0.132. The van der Waals surface area contributed by atoms with Crippen LogP contribution < -0.4 is 5.32 Å². The van der Waals surface area contributed by atoms with Crippen molar-refractivity contribution in [1.82, 2.24) is 10.2 Å². The van der Waals surface area contributed by atoms with Crippen LogP contribution in [0.1, 0.15) is 18.1 Å². The van der Waals surface area contributed by atoms with Crippen molar-refractivity contribution in [1.29, 1.82) is 0 Å². The Morgan fingerprint density at radius 3 is 2.46 bits per heavy atom. The minimum atomic E-state index is -1.31. The normalized spacial score (nSPS) is 20.4. The molecule has 2 unspecified atom stereocenters. The number of nitrogens with one attached hydrogen (secondary N) is 1. The Morgan fingerprint density at radius 1 is 1.18 bits per heavy atom. The number of hydrogen-bond acceptors (Lipinski definition) is 4. The molecule has 148 valence electrons. The molecule has 2 aromatic rings. The molecule has 2 atom stereocenters. The summed E-state index contributed by atoms with van der Waals surface area (Å²) < 4.78 is 18.6. The maximum Gasteiger partial charge on any atom is 0.325 e. The molecule has 1 heterocycles. The number of carbonyl (C=O) groups excluding carboxylic acids is 2. The first-order valence-corrected chi connectivity index (χ1v) is 9.08. The second-order valence-corrected chi connectivity index (χ2v) is 7.21. The molecule has 28 heavy (non-hydrogen) atoms. The van der Waals surface area contributed by atoms with Gasteiger partial charge in [-0.1, -0.05) is 35.9 Å². The molecule has 1 fully saturated rings. The zero-order chi connectivity index (χ0) is 20.3. The van der Waals surface area contributed by atoms with Gasteiger partial charge >= 0.3 is 6.03 Å². The first-order valence-electron chi connectivity index (χ1n) is 8.70. The van der Waals surface area contributed by atoms with E-state index < -0.39 is 29.4 Å². The largest absolute Gasteiger partial charge is 0.389 e. The first kappa shape index (κ1) is 20.3. The highest BCUT2D eigenvalue weighted by atomic mass is 35.5. The number of imide groups is 1. The van der Waals surface area contributed by atoms with Crippen LogP contribution in [0, 0.1) is 5.82 Å². The SMILES string of the molecule is CC1(c2ccc(F)cc2)NC(=O)N(CC(O)COCc2ccc(Cl)cc2)C1=O. The van der Waals surface area contributed by atoms with Gasteiger partial charge in [-0.2, -0.15) is 0 Å². The fourth-order valence-electron chi connectivity index (χ4n) is 3.00. The lowest BCUT2D eigenvalue weighted by Gasteiger charge is -2.23. The zero-order valence-corrected chi connectivity index (χ0v) is 15.9. The highest BCUT2D eigenvalue weighted by Crippen LogP contribution is 2.29. The van der Waals surface area contributed by atoms with Crippen molar-refractivity contribution >= 4 is 23.5 Å². The molecule has 1 saturated heterocycles. The molecule has 0 bridgehead atoms. The lowest BCUT2D eigenvalue weighted by Crippen LogP contribution is -2.42. The Hall–Kier alpha value is -2.48. The average molecular weight is 407 g/mol. The second kappa shape index (κ2) is 8.26. The first-order chi connectivity index (χ1) is 13.3. The molecule has 3 amide bonds. The monoisotopic (exact) mass is 406 g/mol. The summed E-state index contributed by atoms with van der Waals surface area (Å²) >= 11 is 5.82. The van der Waals surface area contributed by atoms with Crippen LogP contribution in [0.15, 0.2) is 48.5 Å². The quantitative estimate of drug-likeness (QED) is 0.693. The Kier molecular flexibility index (Phi) is 5.98. The maximum atomic E-state index is 13.1. The Balaban J connectivity index is 1.57. The number of nitrogens with zero attached hydrogens (tertiary/aromatic N) is 1. The Bertz CT molecular complexity index is 860. The Labute approximate surface area is 166 Å². The van der Waals surface area contributed by atoms with E-state index in [-0.39, 0.29) is 19.8 Å². The van der Waals surface area contributed by atoms with Gasteiger partial charge in [0, 0.05) is 5.02 Å². The zero-order valence-electron chi connectivity index (χ0n) is 15.2. The molecule has 0 aliphatic carbocycles. The van der Waals surface area contributed by atoms with Crippen molar-refractivity contribution in [3.63, 3.8) is 0 Å². The van der Waals surface area contributed by atoms with Gasteiger partial charge in [-0.25, -0.2) is 9.18 Å². The number of hydrogen-bond donors (Lipinski definition) is 2. The molecule has 1 aliphatic rings. The number of aliphatic hydroxyl groups excluding tert-OH is 1. The third-order valence-electron chi connectivity index (χ3n) is 4.58. The van der Waals surface area contributed by atoms with Gasteiger partial charge in [0.05, 0.1) is 25.9 Å². The van der Waals surface area contributed by atoms with Gasteiger partial charge in [0.15, 0.2) is 0 Å². The summed E-state index contributed by atoms with van der Waals surface area (Å²) in [6.07, 6.45) is -1.04. The van der Waals surface area contributed by atoms with Crippen LogP contribution in [0.4, 0.5) is 9.18 Å². The molecule has 0 radical (unpaired) electrons. The molecule has 2 aromatic carbocycles. The maximum absolute atomic E-state index is 13.1. The third kappa shape index (κ3) is 4.32. The van der Waals surface area contributed by atoms with E-state index in [1.165, 1.54) is 24.3 Å². The van der Waals surface area contributed by atoms with E-state index in [2.05, 4.69) is 5.32 Å². The molecule has 2 N–H and O–H groups in total. The number of aliphatic hydroxyl groups is 1. The van der Waals surface area contributed by atoms with Crippen molar-refractivity contribution in [2.75, 3.05) is 13.2 Å². The van der Waals surface area contributed by atoms with Crippen molar-refractivity contribution in [3.8, 4) is 0 Å². The van der Waals surface area contributed by atoms with E-state index >= 15 is 0 Å². The minimum absolute atomic E-state index is 0.0487. The molecule has 0 saturated carbocycles. The summed E-state index contributed by atoms with van der Waals surface area (Å²) in [4.78, 5) is 26.0. The van der Waals surface area contributed by atoms with Crippen LogP contribution in [-0.4, -0.2) is 41.2 Å². The molecule has 0 aromatic heterocycles. The van der Waals surface area contributed by atoms with Crippen molar-refractivity contribution in [2.24, 2.45) is 0 Å². The smallest absolute Gasteiger partial charge is 0.325 e. The van der Waals surface area contributed by atoms with Crippen LogP contribution in [0.5, 0.6) is 0 Å². The van der Waals surface area contributed by atoms with E-state index in [1.807, 2.05) is 0 Å². The van der Waals surface area contributed by atoms with E-state index in [9.17, 15) is 19.1 Å². The van der Waals surface area contributed by atoms with Gasteiger partial charge in [0.25, 0.3) is 5.91 Å². The molecule has 8 heteroatoms.